The SMILES string of the molecule is CC12CCC3CC1(O)C=CC32O. The van der Waals surface area contributed by atoms with Crippen molar-refractivity contribution in [2.24, 2.45) is 11.3 Å². The minimum absolute atomic E-state index is 0.287. The van der Waals surface area contributed by atoms with E-state index < -0.39 is 11.2 Å². The second-order valence-electron chi connectivity index (χ2n) is 4.85. The molecule has 2 saturated carbocycles. The Hall–Kier alpha value is -0.340. The largest absolute Gasteiger partial charge is 0.385 e. The number of rotatable bonds is 0. The van der Waals surface area contributed by atoms with E-state index in [4.69, 9.17) is 0 Å². The molecule has 12 heavy (non-hydrogen) atoms. The van der Waals surface area contributed by atoms with Gasteiger partial charge in [0.15, 0.2) is 0 Å². The van der Waals surface area contributed by atoms with Gasteiger partial charge in [-0.25, -0.2) is 0 Å². The van der Waals surface area contributed by atoms with Crippen LogP contribution in [0.5, 0.6) is 0 Å². The molecule has 2 heteroatoms. The molecule has 4 bridgehead atoms. The Morgan fingerprint density at radius 2 is 2.08 bits per heavy atom. The van der Waals surface area contributed by atoms with E-state index in [0.717, 1.165) is 19.3 Å². The fourth-order valence-corrected chi connectivity index (χ4v) is 3.59. The molecule has 2 N–H and O–H groups in total. The maximum atomic E-state index is 10.3. The zero-order chi connectivity index (χ0) is 8.61. The monoisotopic (exact) mass is 166 g/mol. The Balaban J connectivity index is 2.25. The fourth-order valence-electron chi connectivity index (χ4n) is 3.59. The Bertz CT molecular complexity index is 286. The van der Waals surface area contributed by atoms with Gasteiger partial charge in [0.25, 0.3) is 0 Å². The van der Waals surface area contributed by atoms with Gasteiger partial charge in [-0.2, -0.15) is 0 Å². The lowest BCUT2D eigenvalue weighted by molar-refractivity contribution is -0.0692. The van der Waals surface area contributed by atoms with Crippen LogP contribution in [0.1, 0.15) is 26.2 Å². The molecule has 4 atom stereocenters. The van der Waals surface area contributed by atoms with E-state index in [-0.39, 0.29) is 5.41 Å². The smallest absolute Gasteiger partial charge is 0.0941 e. The molecule has 3 rings (SSSR count). The van der Waals surface area contributed by atoms with Gasteiger partial charge in [0, 0.05) is 5.41 Å². The molecule has 0 radical (unpaired) electrons. The summed E-state index contributed by atoms with van der Waals surface area (Å²) in [5.74, 6) is 0.303. The normalized spacial score (nSPS) is 66.4. The van der Waals surface area contributed by atoms with Crippen molar-refractivity contribution in [1.82, 2.24) is 0 Å². The van der Waals surface area contributed by atoms with Crippen molar-refractivity contribution in [3.05, 3.63) is 12.2 Å². The summed E-state index contributed by atoms with van der Waals surface area (Å²) in [4.78, 5) is 0. The first-order chi connectivity index (χ1) is 5.52. The van der Waals surface area contributed by atoms with Gasteiger partial charge >= 0.3 is 0 Å². The van der Waals surface area contributed by atoms with Crippen molar-refractivity contribution in [2.75, 3.05) is 0 Å². The highest BCUT2D eigenvalue weighted by molar-refractivity contribution is 5.39. The van der Waals surface area contributed by atoms with Crippen LogP contribution >= 0.6 is 0 Å². The molecule has 3 aliphatic rings. The first-order valence-electron chi connectivity index (χ1n) is 4.67. The summed E-state index contributed by atoms with van der Waals surface area (Å²) in [6, 6.07) is 0. The molecule has 0 heterocycles. The molecular formula is C10H14O2. The quantitative estimate of drug-likeness (QED) is 0.523. The number of hydrogen-bond donors (Lipinski definition) is 2. The lowest BCUT2D eigenvalue weighted by atomic mass is 9.73. The maximum absolute atomic E-state index is 10.3. The summed E-state index contributed by atoms with van der Waals surface area (Å²) in [5, 5.41) is 20.5. The molecule has 66 valence electrons. The molecule has 0 saturated heterocycles. The van der Waals surface area contributed by atoms with Gasteiger partial charge in [-0.05, 0) is 25.2 Å². The minimum Gasteiger partial charge on any atom is -0.385 e. The van der Waals surface area contributed by atoms with E-state index in [1.54, 1.807) is 0 Å². The molecule has 2 fully saturated rings. The van der Waals surface area contributed by atoms with Gasteiger partial charge in [-0.3, -0.25) is 0 Å². The van der Waals surface area contributed by atoms with Crippen LogP contribution in [-0.2, 0) is 0 Å². The standard InChI is InChI=1S/C10H14O2/c1-8-3-2-7-6-9(8,11)4-5-10(7,8)12/h4-5,7,11-12H,2-3,6H2,1H3. The van der Waals surface area contributed by atoms with Crippen LogP contribution < -0.4 is 0 Å². The van der Waals surface area contributed by atoms with Crippen molar-refractivity contribution in [3.8, 4) is 0 Å². The molecule has 0 aromatic rings. The first-order valence-corrected chi connectivity index (χ1v) is 4.67. The average molecular weight is 166 g/mol. The lowest BCUT2D eigenvalue weighted by Crippen LogP contribution is -2.45. The maximum Gasteiger partial charge on any atom is 0.0941 e. The van der Waals surface area contributed by atoms with E-state index in [1.807, 2.05) is 19.1 Å². The van der Waals surface area contributed by atoms with Gasteiger partial charge < -0.3 is 10.2 Å². The summed E-state index contributed by atoms with van der Waals surface area (Å²) >= 11 is 0. The summed E-state index contributed by atoms with van der Waals surface area (Å²) in [7, 11) is 0. The fraction of sp³-hybridized carbons (Fsp3) is 0.800. The first kappa shape index (κ1) is 7.10. The molecule has 4 unspecified atom stereocenters. The van der Waals surface area contributed by atoms with E-state index in [9.17, 15) is 10.2 Å². The third-order valence-electron chi connectivity index (χ3n) is 4.63. The van der Waals surface area contributed by atoms with Crippen LogP contribution in [0, 0.1) is 11.3 Å². The summed E-state index contributed by atoms with van der Waals surface area (Å²) < 4.78 is 0. The Morgan fingerprint density at radius 1 is 1.33 bits per heavy atom. The highest BCUT2D eigenvalue weighted by Crippen LogP contribution is 2.69. The predicted octanol–water partition coefficient (Wildman–Crippen LogP) is 0.838. The van der Waals surface area contributed by atoms with E-state index in [0.29, 0.717) is 5.92 Å². The van der Waals surface area contributed by atoms with Crippen molar-refractivity contribution in [1.29, 1.82) is 0 Å². The van der Waals surface area contributed by atoms with Crippen molar-refractivity contribution in [2.45, 2.75) is 37.4 Å². The molecule has 3 aliphatic carbocycles. The second kappa shape index (κ2) is 1.51. The Labute approximate surface area is 71.9 Å². The van der Waals surface area contributed by atoms with Crippen LogP contribution in [0.4, 0.5) is 0 Å². The van der Waals surface area contributed by atoms with E-state index in [2.05, 4.69) is 0 Å². The van der Waals surface area contributed by atoms with Crippen molar-refractivity contribution < 1.29 is 10.2 Å². The van der Waals surface area contributed by atoms with Crippen LogP contribution in [0.25, 0.3) is 0 Å². The van der Waals surface area contributed by atoms with E-state index >= 15 is 0 Å². The van der Waals surface area contributed by atoms with Crippen LogP contribution in [0.15, 0.2) is 12.2 Å². The third kappa shape index (κ3) is 0.417. The highest BCUT2D eigenvalue weighted by atomic mass is 16.3. The molecule has 0 amide bonds. The van der Waals surface area contributed by atoms with Gasteiger partial charge in [0.05, 0.1) is 11.2 Å². The van der Waals surface area contributed by atoms with Gasteiger partial charge in [0.1, 0.15) is 0 Å². The molecule has 2 nitrogen and oxygen atoms in total. The summed E-state index contributed by atoms with van der Waals surface area (Å²) in [6.07, 6.45) is 6.42. The summed E-state index contributed by atoms with van der Waals surface area (Å²) in [5.41, 5.74) is -1.68. The molecule has 0 aromatic carbocycles. The number of hydrogen-bond acceptors (Lipinski definition) is 2. The van der Waals surface area contributed by atoms with Gasteiger partial charge in [-0.1, -0.05) is 19.1 Å². The second-order valence-corrected chi connectivity index (χ2v) is 4.85. The van der Waals surface area contributed by atoms with E-state index in [1.165, 1.54) is 0 Å². The lowest BCUT2D eigenvalue weighted by Gasteiger charge is -2.37. The highest BCUT2D eigenvalue weighted by Gasteiger charge is 2.73. The molecule has 0 aromatic heterocycles. The molecular weight excluding hydrogens is 152 g/mol. The van der Waals surface area contributed by atoms with Gasteiger partial charge in [-0.15, -0.1) is 0 Å². The number of aliphatic hydroxyl groups is 2. The van der Waals surface area contributed by atoms with Crippen LogP contribution in [-0.4, -0.2) is 21.4 Å². The zero-order valence-electron chi connectivity index (χ0n) is 7.25. The molecule has 0 spiro atoms. The summed E-state index contributed by atoms with van der Waals surface area (Å²) in [6.45, 7) is 2.01. The third-order valence-corrected chi connectivity index (χ3v) is 4.63. The van der Waals surface area contributed by atoms with Crippen LogP contribution in [0.3, 0.4) is 0 Å². The van der Waals surface area contributed by atoms with Crippen molar-refractivity contribution in [3.63, 3.8) is 0 Å². The topological polar surface area (TPSA) is 40.5 Å². The van der Waals surface area contributed by atoms with Crippen molar-refractivity contribution >= 4 is 0 Å². The zero-order valence-corrected chi connectivity index (χ0v) is 7.25. The molecule has 0 aliphatic heterocycles. The Morgan fingerprint density at radius 3 is 2.50 bits per heavy atom. The van der Waals surface area contributed by atoms with Gasteiger partial charge in [0.2, 0.25) is 0 Å². The van der Waals surface area contributed by atoms with Crippen LogP contribution in [0.2, 0.25) is 0 Å². The minimum atomic E-state index is -0.704. The predicted molar refractivity (Wildman–Crippen MR) is 44.5 cm³/mol. The average Bonchev–Trinajstić information content (AvgIpc) is 2.43. The Kier molecular flexibility index (Phi) is 0.894.